The number of nitrogens with one attached hydrogen (secondary N) is 4. The van der Waals surface area contributed by atoms with Crippen molar-refractivity contribution in [3.8, 4) is 0 Å². The highest BCUT2D eigenvalue weighted by Crippen LogP contribution is 2.33. The Labute approximate surface area is 172 Å². The number of carbonyl (C=O) groups excluding carboxylic acids is 1. The van der Waals surface area contributed by atoms with Crippen LogP contribution in [0.5, 0.6) is 0 Å². The predicted molar refractivity (Wildman–Crippen MR) is 116 cm³/mol. The summed E-state index contributed by atoms with van der Waals surface area (Å²) in [7, 11) is 0. The molecule has 0 saturated heterocycles. The molecule has 6 nitrogen and oxygen atoms in total. The molecular formula is C22H22N5OS+. The van der Waals surface area contributed by atoms with Crippen LogP contribution >= 0.6 is 11.8 Å². The Morgan fingerprint density at radius 1 is 1.34 bits per heavy atom. The summed E-state index contributed by atoms with van der Waals surface area (Å²) in [5.74, 6) is 0.720. The van der Waals surface area contributed by atoms with Crippen molar-refractivity contribution in [3.05, 3.63) is 70.5 Å². The number of hydrogen-bond acceptors (Lipinski definition) is 4. The summed E-state index contributed by atoms with van der Waals surface area (Å²) in [5.41, 5.74) is 5.94. The summed E-state index contributed by atoms with van der Waals surface area (Å²) in [5, 5.41) is 12.5. The van der Waals surface area contributed by atoms with E-state index in [2.05, 4.69) is 27.1 Å². The maximum atomic E-state index is 13.0. The standard InChI is InChI=1S/C22H21N5OS/c1-13-11-25-21-19(13)17(6-7-24-21)27-8-9-29-18(12-27)22(28)26-20-15-5-3-2-4-14(15)10-16(20)23/h2-7,11-12,20,23H,8-10H2,1H3,(H,24,25)(H,26,28)/p+1/t20-/m1/s1. The largest absolute Gasteiger partial charge is 0.345 e. The minimum atomic E-state index is -0.333. The summed E-state index contributed by atoms with van der Waals surface area (Å²) < 4.78 is 0. The molecule has 0 unspecified atom stereocenters. The molecule has 0 radical (unpaired) electrons. The molecule has 0 spiro atoms. The van der Waals surface area contributed by atoms with Crippen molar-refractivity contribution in [2.45, 2.75) is 19.4 Å². The summed E-state index contributed by atoms with van der Waals surface area (Å²) in [4.78, 5) is 22.4. The van der Waals surface area contributed by atoms with Gasteiger partial charge < -0.3 is 15.6 Å². The van der Waals surface area contributed by atoms with Gasteiger partial charge in [0.25, 0.3) is 11.6 Å². The van der Waals surface area contributed by atoms with Crippen LogP contribution in [-0.2, 0) is 11.2 Å². The molecule has 1 aliphatic heterocycles. The molecule has 0 saturated carbocycles. The average Bonchev–Trinajstić information content (AvgIpc) is 3.28. The third kappa shape index (κ3) is 3.11. The Bertz CT molecular complexity index is 1160. The van der Waals surface area contributed by atoms with Gasteiger partial charge in [0.2, 0.25) is 0 Å². The number of amides is 1. The zero-order valence-electron chi connectivity index (χ0n) is 16.1. The van der Waals surface area contributed by atoms with E-state index >= 15 is 0 Å². The van der Waals surface area contributed by atoms with Crippen molar-refractivity contribution in [1.82, 2.24) is 10.3 Å². The van der Waals surface area contributed by atoms with Gasteiger partial charge in [0.05, 0.1) is 34.4 Å². The molecule has 7 heteroatoms. The zero-order chi connectivity index (χ0) is 20.0. The second-order valence-electron chi connectivity index (χ2n) is 7.43. The van der Waals surface area contributed by atoms with E-state index in [9.17, 15) is 4.79 Å². The molecule has 3 aromatic rings. The monoisotopic (exact) mass is 404 g/mol. The fourth-order valence-corrected chi connectivity index (χ4v) is 5.04. The lowest BCUT2D eigenvalue weighted by Gasteiger charge is -2.27. The SMILES string of the molecule is Cc1c[nH]c2[nH+]ccc(N3C=C(C(=O)N[C@H]4C(=N)Cc5ccccc54)SCC3)c12. The molecule has 3 heterocycles. The normalized spacial score (nSPS) is 18.7. The fourth-order valence-electron chi connectivity index (χ4n) is 4.14. The third-order valence-electron chi connectivity index (χ3n) is 5.57. The topological polar surface area (TPSA) is 86.1 Å². The lowest BCUT2D eigenvalue weighted by Crippen LogP contribution is -2.34. The van der Waals surface area contributed by atoms with Gasteiger partial charge in [0, 0.05) is 42.3 Å². The number of carbonyl (C=O) groups is 1. The van der Waals surface area contributed by atoms with Crippen molar-refractivity contribution in [2.24, 2.45) is 0 Å². The first-order valence-corrected chi connectivity index (χ1v) is 10.7. The number of anilines is 1. The highest BCUT2D eigenvalue weighted by atomic mass is 32.2. The van der Waals surface area contributed by atoms with Crippen molar-refractivity contribution in [1.29, 1.82) is 5.41 Å². The van der Waals surface area contributed by atoms with E-state index in [4.69, 9.17) is 5.41 Å². The lowest BCUT2D eigenvalue weighted by atomic mass is 10.1. The van der Waals surface area contributed by atoms with E-state index < -0.39 is 0 Å². The molecule has 29 heavy (non-hydrogen) atoms. The Balaban J connectivity index is 1.42. The molecule has 1 amide bonds. The van der Waals surface area contributed by atoms with E-state index in [0.29, 0.717) is 17.0 Å². The third-order valence-corrected chi connectivity index (χ3v) is 6.56. The molecule has 1 aliphatic carbocycles. The van der Waals surface area contributed by atoms with Crippen LogP contribution < -0.4 is 15.2 Å². The van der Waals surface area contributed by atoms with Crippen LogP contribution in [0.2, 0.25) is 0 Å². The van der Waals surface area contributed by atoms with E-state index in [1.165, 1.54) is 5.56 Å². The predicted octanol–water partition coefficient (Wildman–Crippen LogP) is 3.12. The van der Waals surface area contributed by atoms with Crippen LogP contribution in [0.4, 0.5) is 5.69 Å². The van der Waals surface area contributed by atoms with Crippen LogP contribution in [0, 0.1) is 12.3 Å². The molecule has 1 aromatic carbocycles. The number of fused-ring (bicyclic) bond motifs is 2. The lowest BCUT2D eigenvalue weighted by molar-refractivity contribution is -0.347. The van der Waals surface area contributed by atoms with Gasteiger partial charge in [-0.25, -0.2) is 9.97 Å². The molecule has 0 bridgehead atoms. The Hall–Kier alpha value is -3.06. The maximum Gasteiger partial charge on any atom is 0.286 e. The van der Waals surface area contributed by atoms with Crippen LogP contribution in [0.15, 0.2) is 53.8 Å². The van der Waals surface area contributed by atoms with Gasteiger partial charge in [-0.1, -0.05) is 24.3 Å². The minimum Gasteiger partial charge on any atom is -0.345 e. The van der Waals surface area contributed by atoms with Crippen LogP contribution in [0.3, 0.4) is 0 Å². The van der Waals surface area contributed by atoms with Crippen LogP contribution in [0.25, 0.3) is 11.0 Å². The number of rotatable bonds is 3. The van der Waals surface area contributed by atoms with Crippen molar-refractivity contribution in [3.63, 3.8) is 0 Å². The van der Waals surface area contributed by atoms with Gasteiger partial charge >= 0.3 is 0 Å². The molecule has 146 valence electrons. The smallest absolute Gasteiger partial charge is 0.286 e. The molecule has 2 aliphatic rings. The molecule has 5 rings (SSSR count). The first-order chi connectivity index (χ1) is 14.1. The van der Waals surface area contributed by atoms with Crippen molar-refractivity contribution in [2.75, 3.05) is 17.2 Å². The summed E-state index contributed by atoms with van der Waals surface area (Å²) in [6.07, 6.45) is 6.45. The first kappa shape index (κ1) is 18.0. The van der Waals surface area contributed by atoms with Crippen LogP contribution in [0.1, 0.15) is 22.7 Å². The number of thioether (sulfide) groups is 1. The van der Waals surface area contributed by atoms with Gasteiger partial charge in [-0.2, -0.15) is 0 Å². The van der Waals surface area contributed by atoms with Crippen LogP contribution in [-0.4, -0.2) is 28.9 Å². The van der Waals surface area contributed by atoms with Gasteiger partial charge in [0.15, 0.2) is 0 Å². The van der Waals surface area contributed by atoms with Crippen molar-refractivity contribution < 1.29 is 9.78 Å². The zero-order valence-corrected chi connectivity index (χ0v) is 16.9. The number of H-pyrrole nitrogens is 2. The summed E-state index contributed by atoms with van der Waals surface area (Å²) >= 11 is 1.57. The number of aryl methyl sites for hydroxylation is 1. The number of hydrogen-bond donors (Lipinski definition) is 3. The number of pyridine rings is 1. The van der Waals surface area contributed by atoms with E-state index in [1.807, 2.05) is 48.9 Å². The van der Waals surface area contributed by atoms with Gasteiger partial charge in [0.1, 0.15) is 0 Å². The molecule has 4 N–H and O–H groups in total. The summed E-state index contributed by atoms with van der Waals surface area (Å²) in [6, 6.07) is 9.69. The average molecular weight is 405 g/mol. The number of aromatic nitrogens is 2. The fraction of sp³-hybridized carbons (Fsp3) is 0.227. The quantitative estimate of drug-likeness (QED) is 0.627. The highest BCUT2D eigenvalue weighted by Gasteiger charge is 2.30. The van der Waals surface area contributed by atoms with E-state index in [0.717, 1.165) is 40.1 Å². The Kier molecular flexibility index (Phi) is 4.39. The molecule has 2 aromatic heterocycles. The Morgan fingerprint density at radius 2 is 2.21 bits per heavy atom. The number of aromatic amines is 2. The van der Waals surface area contributed by atoms with E-state index in [-0.39, 0.29) is 11.9 Å². The Morgan fingerprint density at radius 3 is 3.10 bits per heavy atom. The molecule has 1 atom stereocenters. The number of benzene rings is 1. The van der Waals surface area contributed by atoms with Gasteiger partial charge in [-0.3, -0.25) is 4.79 Å². The highest BCUT2D eigenvalue weighted by molar-refractivity contribution is 8.04. The second-order valence-corrected chi connectivity index (χ2v) is 8.56. The van der Waals surface area contributed by atoms with Gasteiger partial charge in [-0.15, -0.1) is 11.8 Å². The molecule has 0 fully saturated rings. The van der Waals surface area contributed by atoms with E-state index in [1.54, 1.807) is 11.8 Å². The van der Waals surface area contributed by atoms with Crippen molar-refractivity contribution >= 4 is 40.1 Å². The second kappa shape index (κ2) is 7.08. The first-order valence-electron chi connectivity index (χ1n) is 9.67. The van der Waals surface area contributed by atoms with Gasteiger partial charge in [-0.05, 0) is 18.1 Å². The molecular weight excluding hydrogens is 382 g/mol. The number of nitrogens with zero attached hydrogens (tertiary/aromatic N) is 1. The minimum absolute atomic E-state index is 0.115. The summed E-state index contributed by atoms with van der Waals surface area (Å²) in [6.45, 7) is 2.92. The maximum absolute atomic E-state index is 13.0.